The van der Waals surface area contributed by atoms with Gasteiger partial charge in [-0.15, -0.1) is 11.3 Å². The quantitative estimate of drug-likeness (QED) is 0.165. The highest BCUT2D eigenvalue weighted by Gasteiger charge is 2.49. The molecule has 77 heavy (non-hydrogen) atoms. The molecule has 0 amide bonds. The van der Waals surface area contributed by atoms with E-state index in [0.29, 0.717) is 0 Å². The van der Waals surface area contributed by atoms with Crippen molar-refractivity contribution in [1.82, 2.24) is 4.57 Å². The van der Waals surface area contributed by atoms with Gasteiger partial charge in [0.25, 0.3) is 6.71 Å². The molecule has 3 aromatic heterocycles. The molecule has 0 atom stereocenters. The standard InChI is InChI=1S/C71H62BN3OS/c1-68(2,3)41-27-32-44(33-28-41)73-55-24-18-25-56-63(55)72(67-64(73)49-39-43(70(7,8)9)31-38-59(49)77-67)52-40-51-60(46-19-12-15-22-50(46)71(51,10)11)66(65(52)74(56)45-34-29-42(30-35-45)69(4,5)6)75-53-23-16-13-20-47(53)61-54(75)36-37-58-62(61)48-21-14-17-26-57(48)76-58/h12-40H,1-11H3. The molecule has 0 saturated heterocycles. The number of benzene rings is 9. The number of hydrogen-bond donors (Lipinski definition) is 0. The third-order valence-electron chi connectivity index (χ3n) is 17.6. The van der Waals surface area contributed by atoms with E-state index in [1.165, 1.54) is 115 Å². The van der Waals surface area contributed by atoms with Crippen molar-refractivity contribution in [3.63, 3.8) is 0 Å². The Hall–Kier alpha value is -7.80. The van der Waals surface area contributed by atoms with Crippen LogP contribution in [0, 0.1) is 0 Å². The molecule has 0 unspecified atom stereocenters. The van der Waals surface area contributed by atoms with E-state index in [0.717, 1.165) is 33.1 Å². The van der Waals surface area contributed by atoms with Gasteiger partial charge in [0.05, 0.1) is 28.1 Å². The first-order chi connectivity index (χ1) is 36.9. The average molecular weight is 1020 g/mol. The number of fused-ring (bicyclic) bond motifs is 16. The summed E-state index contributed by atoms with van der Waals surface area (Å²) in [5, 5.41) is 6.03. The summed E-state index contributed by atoms with van der Waals surface area (Å²) in [5.41, 5.74) is 24.2. The largest absolute Gasteiger partial charge is 0.456 e. The first-order valence-electron chi connectivity index (χ1n) is 27.5. The Morgan fingerprint density at radius 2 is 1.06 bits per heavy atom. The summed E-state index contributed by atoms with van der Waals surface area (Å²) in [6.45, 7) is 25.7. The molecule has 4 nitrogen and oxygen atoms in total. The smallest absolute Gasteiger partial charge is 0.264 e. The molecular formula is C71H62BN3OS. The van der Waals surface area contributed by atoms with Crippen molar-refractivity contribution in [2.45, 2.75) is 97.8 Å². The third-order valence-corrected chi connectivity index (χ3v) is 18.9. The van der Waals surface area contributed by atoms with Crippen molar-refractivity contribution in [2.24, 2.45) is 0 Å². The molecule has 0 N–H and O–H groups in total. The highest BCUT2D eigenvalue weighted by Crippen LogP contribution is 2.58. The Balaban J connectivity index is 1.14. The number of hydrogen-bond acceptors (Lipinski definition) is 4. The zero-order valence-electron chi connectivity index (χ0n) is 46.0. The summed E-state index contributed by atoms with van der Waals surface area (Å²) in [6, 6.07) is 67.4. The molecule has 9 aromatic carbocycles. The number of aromatic nitrogens is 1. The van der Waals surface area contributed by atoms with Crippen LogP contribution in [-0.4, -0.2) is 11.3 Å². The lowest BCUT2D eigenvalue weighted by molar-refractivity contribution is 0.590. The van der Waals surface area contributed by atoms with E-state index in [1.54, 1.807) is 0 Å². The lowest BCUT2D eigenvalue weighted by Crippen LogP contribution is -2.60. The van der Waals surface area contributed by atoms with Gasteiger partial charge in [-0.2, -0.15) is 0 Å². The molecule has 376 valence electrons. The molecule has 6 heteroatoms. The summed E-state index contributed by atoms with van der Waals surface area (Å²) in [6.07, 6.45) is 0. The molecule has 2 aliphatic heterocycles. The average Bonchev–Trinajstić information content (AvgIpc) is 4.36. The lowest BCUT2D eigenvalue weighted by atomic mass is 9.36. The van der Waals surface area contributed by atoms with Crippen LogP contribution in [0.15, 0.2) is 180 Å². The van der Waals surface area contributed by atoms with Crippen molar-refractivity contribution in [2.75, 3.05) is 9.80 Å². The second-order valence-corrected chi connectivity index (χ2v) is 26.8. The molecule has 0 saturated carbocycles. The number of rotatable bonds is 3. The van der Waals surface area contributed by atoms with E-state index in [1.807, 2.05) is 11.3 Å². The number of furan rings is 1. The van der Waals surface area contributed by atoms with Gasteiger partial charge in [0.15, 0.2) is 0 Å². The van der Waals surface area contributed by atoms with E-state index in [2.05, 4.69) is 266 Å². The molecule has 3 aliphatic rings. The highest BCUT2D eigenvalue weighted by molar-refractivity contribution is 7.33. The minimum atomic E-state index is -0.304. The maximum absolute atomic E-state index is 6.68. The van der Waals surface area contributed by atoms with Crippen LogP contribution in [0.3, 0.4) is 0 Å². The summed E-state index contributed by atoms with van der Waals surface area (Å²) in [5.74, 6) is 0. The van der Waals surface area contributed by atoms with E-state index >= 15 is 0 Å². The number of anilines is 6. The minimum Gasteiger partial charge on any atom is -0.456 e. The SMILES string of the molecule is CC(C)(C)c1ccc(N2c3cccc4c3B(c3cc5c(c(-n6c7ccccc7c7c8c(ccc76)oc6ccccc68)c32)-c2ccccc2C5(C)C)c2sc3ccc(C(C)(C)C)cc3c2N4c2ccc(C(C)(C)C)cc2)cc1. The Morgan fingerprint density at radius 3 is 1.74 bits per heavy atom. The fourth-order valence-corrected chi connectivity index (χ4v) is 15.0. The zero-order chi connectivity index (χ0) is 52.8. The molecule has 12 aromatic rings. The van der Waals surface area contributed by atoms with E-state index < -0.39 is 0 Å². The fraction of sp³-hybridized carbons (Fsp3) is 0.211. The van der Waals surface area contributed by atoms with Crippen molar-refractivity contribution >= 4 is 122 Å². The fourth-order valence-electron chi connectivity index (χ4n) is 13.7. The van der Waals surface area contributed by atoms with Gasteiger partial charge in [-0.3, -0.25) is 0 Å². The second kappa shape index (κ2) is 15.7. The minimum absolute atomic E-state index is 0.0182. The van der Waals surface area contributed by atoms with Gasteiger partial charge in [-0.1, -0.05) is 179 Å². The van der Waals surface area contributed by atoms with E-state index in [4.69, 9.17) is 4.42 Å². The van der Waals surface area contributed by atoms with Crippen molar-refractivity contribution in [3.8, 4) is 16.8 Å². The van der Waals surface area contributed by atoms with Crippen LogP contribution in [0.2, 0.25) is 0 Å². The van der Waals surface area contributed by atoms with Crippen LogP contribution in [0.1, 0.15) is 104 Å². The molecule has 0 bridgehead atoms. The molecule has 0 radical (unpaired) electrons. The maximum atomic E-state index is 6.68. The molecule has 0 fully saturated rings. The van der Waals surface area contributed by atoms with Crippen molar-refractivity contribution < 1.29 is 4.42 Å². The zero-order valence-corrected chi connectivity index (χ0v) is 46.8. The summed E-state index contributed by atoms with van der Waals surface area (Å²) in [4.78, 5) is 5.28. The first kappa shape index (κ1) is 46.5. The number of nitrogens with zero attached hydrogens (tertiary/aromatic N) is 3. The summed E-state index contributed by atoms with van der Waals surface area (Å²) < 4.78 is 12.0. The van der Waals surface area contributed by atoms with Gasteiger partial charge < -0.3 is 18.8 Å². The van der Waals surface area contributed by atoms with E-state index in [9.17, 15) is 0 Å². The van der Waals surface area contributed by atoms with Gasteiger partial charge in [-0.05, 0) is 133 Å². The Kier molecular flexibility index (Phi) is 9.46. The van der Waals surface area contributed by atoms with Gasteiger partial charge in [-0.25, -0.2) is 0 Å². The normalized spacial score (nSPS) is 14.7. The van der Waals surface area contributed by atoms with Crippen LogP contribution in [0.5, 0.6) is 0 Å². The number of para-hydroxylation sites is 2. The number of thiophene rings is 1. The van der Waals surface area contributed by atoms with Gasteiger partial charge in [0.1, 0.15) is 11.2 Å². The molecule has 0 spiro atoms. The summed E-state index contributed by atoms with van der Waals surface area (Å²) >= 11 is 1.98. The first-order valence-corrected chi connectivity index (χ1v) is 28.4. The van der Waals surface area contributed by atoms with Crippen LogP contribution < -0.4 is 25.5 Å². The predicted molar refractivity (Wildman–Crippen MR) is 331 cm³/mol. The van der Waals surface area contributed by atoms with Crippen LogP contribution in [0.4, 0.5) is 34.1 Å². The van der Waals surface area contributed by atoms with Crippen LogP contribution in [-0.2, 0) is 21.7 Å². The topological polar surface area (TPSA) is 24.6 Å². The van der Waals surface area contributed by atoms with Crippen molar-refractivity contribution in [3.05, 3.63) is 204 Å². The second-order valence-electron chi connectivity index (χ2n) is 25.7. The molecular weight excluding hydrogens is 954 g/mol. The Labute approximate surface area is 456 Å². The maximum Gasteiger partial charge on any atom is 0.264 e. The predicted octanol–water partition coefficient (Wildman–Crippen LogP) is 18.2. The molecule has 15 rings (SSSR count). The lowest BCUT2D eigenvalue weighted by Gasteiger charge is -2.44. The summed E-state index contributed by atoms with van der Waals surface area (Å²) in [7, 11) is 0. The highest BCUT2D eigenvalue weighted by atomic mass is 32.1. The Morgan fingerprint density at radius 1 is 0.468 bits per heavy atom. The van der Waals surface area contributed by atoms with Gasteiger partial charge in [0.2, 0.25) is 0 Å². The van der Waals surface area contributed by atoms with Crippen molar-refractivity contribution in [1.29, 1.82) is 0 Å². The third kappa shape index (κ3) is 6.45. The molecule has 1 aliphatic carbocycles. The van der Waals surface area contributed by atoms with E-state index in [-0.39, 0.29) is 28.4 Å². The van der Waals surface area contributed by atoms with Gasteiger partial charge in [0, 0.05) is 70.1 Å². The molecule has 5 heterocycles. The Bertz CT molecular complexity index is 4490. The van der Waals surface area contributed by atoms with Crippen LogP contribution in [0.25, 0.3) is 70.6 Å². The monoisotopic (exact) mass is 1020 g/mol. The van der Waals surface area contributed by atoms with Gasteiger partial charge >= 0.3 is 0 Å². The van der Waals surface area contributed by atoms with Crippen LogP contribution >= 0.6 is 11.3 Å².